The average Bonchev–Trinajstić information content (AvgIpc) is 2.46. The number of rotatable bonds is 4. The van der Waals surface area contributed by atoms with Crippen molar-refractivity contribution in [1.29, 1.82) is 0 Å². The molecule has 0 radical (unpaired) electrons. The topological polar surface area (TPSA) is 74.2 Å². The Morgan fingerprint density at radius 3 is 3.00 bits per heavy atom. The van der Waals surface area contributed by atoms with Crippen molar-refractivity contribution in [2.75, 3.05) is 26.2 Å². The van der Waals surface area contributed by atoms with E-state index in [1.807, 2.05) is 12.1 Å². The molecule has 0 bridgehead atoms. The minimum absolute atomic E-state index is 0.0558. The number of hydrogen-bond donors (Lipinski definition) is 3. The third kappa shape index (κ3) is 3.27. The van der Waals surface area contributed by atoms with Crippen LogP contribution in [-0.4, -0.2) is 42.2 Å². The third-order valence-corrected chi connectivity index (χ3v) is 3.22. The summed E-state index contributed by atoms with van der Waals surface area (Å²) in [5.74, 6) is 0.290. The number of aromatic nitrogens is 1. The van der Waals surface area contributed by atoms with Crippen LogP contribution in [0.5, 0.6) is 0 Å². The van der Waals surface area contributed by atoms with Crippen LogP contribution in [0.1, 0.15) is 34.8 Å². The van der Waals surface area contributed by atoms with Crippen LogP contribution in [0, 0.1) is 0 Å². The Bertz CT molecular complexity index is 403. The molecule has 0 aromatic carbocycles. The van der Waals surface area contributed by atoms with Gasteiger partial charge in [-0.3, -0.25) is 9.78 Å². The maximum atomic E-state index is 11.7. The largest absolute Gasteiger partial charge is 0.395 e. The molecular formula is C13H19N3O2. The molecule has 5 nitrogen and oxygen atoms in total. The summed E-state index contributed by atoms with van der Waals surface area (Å²) in [5.41, 5.74) is 1.61. The van der Waals surface area contributed by atoms with Gasteiger partial charge in [0, 0.05) is 12.7 Å². The minimum Gasteiger partial charge on any atom is -0.395 e. The molecule has 0 aliphatic carbocycles. The van der Waals surface area contributed by atoms with Crippen LogP contribution in [0.25, 0.3) is 0 Å². The molecule has 1 amide bonds. The highest BCUT2D eigenvalue weighted by molar-refractivity contribution is 5.92. The molecule has 1 fully saturated rings. The fourth-order valence-corrected chi connectivity index (χ4v) is 2.24. The van der Waals surface area contributed by atoms with Gasteiger partial charge in [0.1, 0.15) is 5.69 Å². The average molecular weight is 249 g/mol. The molecule has 5 heteroatoms. The quantitative estimate of drug-likeness (QED) is 0.716. The maximum Gasteiger partial charge on any atom is 0.269 e. The molecule has 0 spiro atoms. The Hall–Kier alpha value is -1.46. The number of nitrogens with zero attached hydrogens (tertiary/aromatic N) is 1. The highest BCUT2D eigenvalue weighted by Gasteiger charge is 2.16. The van der Waals surface area contributed by atoms with E-state index in [9.17, 15) is 4.79 Å². The van der Waals surface area contributed by atoms with Gasteiger partial charge in [0.2, 0.25) is 0 Å². The van der Waals surface area contributed by atoms with Crippen LogP contribution in [0.4, 0.5) is 0 Å². The van der Waals surface area contributed by atoms with Crippen molar-refractivity contribution in [2.24, 2.45) is 0 Å². The first kappa shape index (κ1) is 13.0. The molecular weight excluding hydrogens is 230 g/mol. The van der Waals surface area contributed by atoms with Crippen LogP contribution >= 0.6 is 0 Å². The van der Waals surface area contributed by atoms with Crippen molar-refractivity contribution >= 4 is 5.91 Å². The van der Waals surface area contributed by atoms with E-state index in [2.05, 4.69) is 15.6 Å². The summed E-state index contributed by atoms with van der Waals surface area (Å²) >= 11 is 0. The molecule has 98 valence electrons. The lowest BCUT2D eigenvalue weighted by atomic mass is 9.90. The summed E-state index contributed by atoms with van der Waals surface area (Å²) in [6, 6.07) is 3.85. The van der Waals surface area contributed by atoms with Crippen LogP contribution in [0.15, 0.2) is 18.3 Å². The summed E-state index contributed by atoms with van der Waals surface area (Å²) in [4.78, 5) is 15.8. The first-order chi connectivity index (χ1) is 8.81. The molecule has 1 aromatic heterocycles. The van der Waals surface area contributed by atoms with Gasteiger partial charge >= 0.3 is 0 Å². The summed E-state index contributed by atoms with van der Waals surface area (Å²) < 4.78 is 0. The molecule has 2 heterocycles. The van der Waals surface area contributed by atoms with Crippen LogP contribution in [0.3, 0.4) is 0 Å². The van der Waals surface area contributed by atoms with E-state index in [0.717, 1.165) is 25.9 Å². The first-order valence-corrected chi connectivity index (χ1v) is 6.37. The minimum atomic E-state index is -0.222. The number of carbonyl (C=O) groups excluding carboxylic acids is 1. The molecule has 1 aliphatic rings. The van der Waals surface area contributed by atoms with E-state index in [0.29, 0.717) is 11.6 Å². The lowest BCUT2D eigenvalue weighted by Gasteiger charge is -2.23. The lowest BCUT2D eigenvalue weighted by molar-refractivity contribution is 0.0939. The van der Waals surface area contributed by atoms with E-state index >= 15 is 0 Å². The zero-order valence-electron chi connectivity index (χ0n) is 10.4. The number of carbonyl (C=O) groups is 1. The summed E-state index contributed by atoms with van der Waals surface area (Å²) in [7, 11) is 0. The lowest BCUT2D eigenvalue weighted by Crippen LogP contribution is -2.28. The molecule has 0 atom stereocenters. The van der Waals surface area contributed by atoms with Gasteiger partial charge in [-0.05, 0) is 49.5 Å². The molecule has 1 aromatic rings. The number of amides is 1. The molecule has 2 rings (SSSR count). The van der Waals surface area contributed by atoms with Crippen LogP contribution in [-0.2, 0) is 0 Å². The Labute approximate surface area is 107 Å². The number of pyridine rings is 1. The fourth-order valence-electron chi connectivity index (χ4n) is 2.24. The van der Waals surface area contributed by atoms with E-state index < -0.39 is 0 Å². The molecule has 3 N–H and O–H groups in total. The van der Waals surface area contributed by atoms with E-state index in [-0.39, 0.29) is 19.1 Å². The zero-order chi connectivity index (χ0) is 12.8. The summed E-state index contributed by atoms with van der Waals surface area (Å²) in [5, 5.41) is 14.6. The van der Waals surface area contributed by atoms with E-state index in [1.165, 1.54) is 5.56 Å². The van der Waals surface area contributed by atoms with Gasteiger partial charge < -0.3 is 15.7 Å². The molecule has 18 heavy (non-hydrogen) atoms. The number of piperidine rings is 1. The number of nitrogens with one attached hydrogen (secondary N) is 2. The van der Waals surface area contributed by atoms with Crippen molar-refractivity contribution < 1.29 is 9.90 Å². The number of hydrogen-bond acceptors (Lipinski definition) is 4. The normalized spacial score (nSPS) is 16.5. The first-order valence-electron chi connectivity index (χ1n) is 6.37. The van der Waals surface area contributed by atoms with Crippen molar-refractivity contribution in [1.82, 2.24) is 15.6 Å². The second-order valence-electron chi connectivity index (χ2n) is 4.48. The monoisotopic (exact) mass is 249 g/mol. The van der Waals surface area contributed by atoms with E-state index in [1.54, 1.807) is 6.20 Å². The second kappa shape index (κ2) is 6.47. The van der Waals surface area contributed by atoms with Crippen LogP contribution in [0.2, 0.25) is 0 Å². The Balaban J connectivity index is 2.06. The van der Waals surface area contributed by atoms with Crippen LogP contribution < -0.4 is 10.6 Å². The van der Waals surface area contributed by atoms with Gasteiger partial charge in [0.15, 0.2) is 0 Å². The number of aliphatic hydroxyl groups is 1. The highest BCUT2D eigenvalue weighted by atomic mass is 16.3. The van der Waals surface area contributed by atoms with Gasteiger partial charge in [-0.15, -0.1) is 0 Å². The van der Waals surface area contributed by atoms with Crippen molar-refractivity contribution in [2.45, 2.75) is 18.8 Å². The number of aliphatic hydroxyl groups excluding tert-OH is 1. The Morgan fingerprint density at radius 1 is 1.50 bits per heavy atom. The van der Waals surface area contributed by atoms with E-state index in [4.69, 9.17) is 5.11 Å². The summed E-state index contributed by atoms with van der Waals surface area (Å²) in [6.07, 6.45) is 3.88. The smallest absolute Gasteiger partial charge is 0.269 e. The Morgan fingerprint density at radius 2 is 2.28 bits per heavy atom. The fraction of sp³-hybridized carbons (Fsp3) is 0.538. The standard InChI is InChI=1S/C13H19N3O2/c17-8-7-16-13(18)12-9-11(3-6-15-12)10-1-4-14-5-2-10/h3,6,9-10,14,17H,1-2,4-5,7-8H2,(H,16,18). The zero-order valence-corrected chi connectivity index (χ0v) is 10.4. The predicted molar refractivity (Wildman–Crippen MR) is 68.5 cm³/mol. The van der Waals surface area contributed by atoms with Gasteiger partial charge in [0.05, 0.1) is 6.61 Å². The van der Waals surface area contributed by atoms with Crippen molar-refractivity contribution in [3.05, 3.63) is 29.6 Å². The van der Waals surface area contributed by atoms with Gasteiger partial charge in [-0.25, -0.2) is 0 Å². The molecule has 0 unspecified atom stereocenters. The molecule has 0 saturated carbocycles. The van der Waals surface area contributed by atoms with Crippen molar-refractivity contribution in [3.63, 3.8) is 0 Å². The van der Waals surface area contributed by atoms with Crippen molar-refractivity contribution in [3.8, 4) is 0 Å². The van der Waals surface area contributed by atoms with Gasteiger partial charge in [-0.2, -0.15) is 0 Å². The SMILES string of the molecule is O=C(NCCO)c1cc(C2CCNCC2)ccn1. The van der Waals surface area contributed by atoms with Gasteiger partial charge in [0.25, 0.3) is 5.91 Å². The summed E-state index contributed by atoms with van der Waals surface area (Å²) in [6.45, 7) is 2.26. The second-order valence-corrected chi connectivity index (χ2v) is 4.48. The maximum absolute atomic E-state index is 11.7. The Kier molecular flexibility index (Phi) is 4.66. The predicted octanol–water partition coefficient (Wildman–Crippen LogP) is 0.271. The highest BCUT2D eigenvalue weighted by Crippen LogP contribution is 2.24. The third-order valence-electron chi connectivity index (χ3n) is 3.22. The molecule has 1 aliphatic heterocycles. The molecule has 1 saturated heterocycles. The van der Waals surface area contributed by atoms with Gasteiger partial charge in [-0.1, -0.05) is 0 Å².